The van der Waals surface area contributed by atoms with Crippen molar-refractivity contribution >= 4 is 22.8 Å². The van der Waals surface area contributed by atoms with Crippen LogP contribution in [0.5, 0.6) is 0 Å². The molecule has 1 amide bonds. The minimum atomic E-state index is -0.433. The third-order valence-electron chi connectivity index (χ3n) is 3.61. The molecule has 2 aromatic rings. The van der Waals surface area contributed by atoms with Gasteiger partial charge in [0.2, 0.25) is 0 Å². The minimum absolute atomic E-state index is 0.0964. The molecule has 5 heteroatoms. The van der Waals surface area contributed by atoms with E-state index >= 15 is 0 Å². The molecule has 5 nitrogen and oxygen atoms in total. The molecule has 0 radical (unpaired) electrons. The van der Waals surface area contributed by atoms with E-state index in [4.69, 9.17) is 9.15 Å². The number of benzene rings is 1. The highest BCUT2D eigenvalue weighted by Crippen LogP contribution is 2.22. The zero-order valence-corrected chi connectivity index (χ0v) is 13.7. The molecule has 0 aliphatic heterocycles. The number of hydrogen-bond donors (Lipinski definition) is 1. The number of aryl methyl sites for hydroxylation is 1. The van der Waals surface area contributed by atoms with E-state index in [9.17, 15) is 9.59 Å². The second kappa shape index (κ2) is 8.36. The lowest BCUT2D eigenvalue weighted by atomic mass is 10.1. The average Bonchev–Trinajstić information content (AvgIpc) is 2.91. The molecule has 1 aromatic heterocycles. The number of esters is 1. The number of carbonyl (C=O) groups is 2. The zero-order chi connectivity index (χ0) is 16.7. The highest BCUT2D eigenvalue weighted by molar-refractivity contribution is 5.87. The average molecular weight is 317 g/mol. The number of amides is 1. The number of carbonyl (C=O) groups excluding carboxylic acids is 2. The third-order valence-corrected chi connectivity index (χ3v) is 3.61. The van der Waals surface area contributed by atoms with Crippen LogP contribution in [-0.4, -0.2) is 25.0 Å². The molecule has 0 bridgehead atoms. The van der Waals surface area contributed by atoms with Crippen LogP contribution in [0.4, 0.5) is 0 Å². The maximum absolute atomic E-state index is 11.9. The second-order valence-corrected chi connectivity index (χ2v) is 5.66. The molecule has 1 aromatic carbocycles. The summed E-state index contributed by atoms with van der Waals surface area (Å²) in [6, 6.07) is 5.82. The summed E-state index contributed by atoms with van der Waals surface area (Å²) in [5.41, 5.74) is 2.62. The molecule has 0 saturated heterocycles. The van der Waals surface area contributed by atoms with Crippen LogP contribution >= 0.6 is 0 Å². The molecule has 0 saturated carbocycles. The van der Waals surface area contributed by atoms with E-state index in [0.717, 1.165) is 41.4 Å². The van der Waals surface area contributed by atoms with Gasteiger partial charge in [-0.3, -0.25) is 9.59 Å². The van der Waals surface area contributed by atoms with Crippen LogP contribution in [0.25, 0.3) is 11.0 Å². The first kappa shape index (κ1) is 17.1. The Bertz CT molecular complexity index is 675. The van der Waals surface area contributed by atoms with Crippen LogP contribution < -0.4 is 5.32 Å². The highest BCUT2D eigenvalue weighted by atomic mass is 16.5. The number of fused-ring (bicyclic) bond motifs is 1. The van der Waals surface area contributed by atoms with Gasteiger partial charge in [0.1, 0.15) is 5.58 Å². The van der Waals surface area contributed by atoms with Crippen molar-refractivity contribution in [3.05, 3.63) is 35.6 Å². The van der Waals surface area contributed by atoms with Gasteiger partial charge >= 0.3 is 5.97 Å². The fourth-order valence-corrected chi connectivity index (χ4v) is 2.33. The maximum atomic E-state index is 11.9. The van der Waals surface area contributed by atoms with Crippen LogP contribution in [0.3, 0.4) is 0 Å². The number of furan rings is 1. The minimum Gasteiger partial charge on any atom is -0.464 e. The Morgan fingerprint density at radius 3 is 2.87 bits per heavy atom. The Morgan fingerprint density at radius 1 is 1.26 bits per heavy atom. The molecule has 0 atom stereocenters. The van der Waals surface area contributed by atoms with E-state index < -0.39 is 5.97 Å². The predicted molar refractivity (Wildman–Crippen MR) is 88.1 cm³/mol. The van der Waals surface area contributed by atoms with Gasteiger partial charge in [0, 0.05) is 17.5 Å². The summed E-state index contributed by atoms with van der Waals surface area (Å²) in [5, 5.41) is 3.63. The van der Waals surface area contributed by atoms with Gasteiger partial charge in [-0.25, -0.2) is 0 Å². The van der Waals surface area contributed by atoms with Crippen molar-refractivity contribution < 1.29 is 18.7 Å². The van der Waals surface area contributed by atoms with Crippen LogP contribution in [0, 0.1) is 6.92 Å². The van der Waals surface area contributed by atoms with E-state index in [1.807, 2.05) is 25.1 Å². The van der Waals surface area contributed by atoms with Crippen molar-refractivity contribution in [1.29, 1.82) is 0 Å². The monoisotopic (exact) mass is 317 g/mol. The van der Waals surface area contributed by atoms with Gasteiger partial charge in [0.25, 0.3) is 5.91 Å². The molecule has 0 unspecified atom stereocenters. The van der Waals surface area contributed by atoms with Gasteiger partial charge in [-0.1, -0.05) is 31.9 Å². The third kappa shape index (κ3) is 5.13. The maximum Gasteiger partial charge on any atom is 0.310 e. The lowest BCUT2D eigenvalue weighted by molar-refractivity contribution is -0.147. The van der Waals surface area contributed by atoms with Crippen molar-refractivity contribution in [2.45, 2.75) is 39.5 Å². The first-order valence-corrected chi connectivity index (χ1v) is 7.99. The molecular formula is C18H23NO4. The van der Waals surface area contributed by atoms with Crippen LogP contribution in [0.15, 0.2) is 28.9 Å². The molecule has 0 spiro atoms. The highest BCUT2D eigenvalue weighted by Gasteiger charge is 2.13. The van der Waals surface area contributed by atoms with Crippen molar-refractivity contribution in [2.24, 2.45) is 0 Å². The van der Waals surface area contributed by atoms with Gasteiger partial charge in [0.05, 0.1) is 12.7 Å². The van der Waals surface area contributed by atoms with E-state index in [-0.39, 0.29) is 18.9 Å². The normalized spacial score (nSPS) is 10.7. The van der Waals surface area contributed by atoms with E-state index in [0.29, 0.717) is 6.54 Å². The number of nitrogens with one attached hydrogen (secondary N) is 1. The Labute approximate surface area is 136 Å². The summed E-state index contributed by atoms with van der Waals surface area (Å²) in [4.78, 5) is 23.4. The summed E-state index contributed by atoms with van der Waals surface area (Å²) in [5.74, 6) is -0.695. The van der Waals surface area contributed by atoms with E-state index in [2.05, 4.69) is 12.2 Å². The lowest BCUT2D eigenvalue weighted by Crippen LogP contribution is -2.29. The molecule has 0 fully saturated rings. The largest absolute Gasteiger partial charge is 0.464 e. The first-order valence-electron chi connectivity index (χ1n) is 7.99. The summed E-state index contributed by atoms with van der Waals surface area (Å²) < 4.78 is 10.5. The predicted octanol–water partition coefficient (Wildman–Crippen LogP) is 3.13. The van der Waals surface area contributed by atoms with Crippen LogP contribution in [0.2, 0.25) is 0 Å². The number of ether oxygens (including phenoxy) is 1. The fraction of sp³-hybridized carbons (Fsp3) is 0.444. The molecule has 1 N–H and O–H groups in total. The summed E-state index contributed by atoms with van der Waals surface area (Å²) in [6.45, 7) is 4.47. The molecule has 2 rings (SSSR count). The summed E-state index contributed by atoms with van der Waals surface area (Å²) >= 11 is 0. The number of rotatable bonds is 8. The topological polar surface area (TPSA) is 68.5 Å². The molecular weight excluding hydrogens is 294 g/mol. The van der Waals surface area contributed by atoms with Crippen LogP contribution in [-0.2, 0) is 20.7 Å². The standard InChI is InChI=1S/C18H23NO4/c1-3-4-5-8-19-17(20)12-23-18(21)10-14-11-22-16-9-13(2)6-7-15(14)16/h6-7,9,11H,3-5,8,10,12H2,1-2H3,(H,19,20). The molecule has 0 aliphatic rings. The lowest BCUT2D eigenvalue weighted by Gasteiger charge is -2.06. The van der Waals surface area contributed by atoms with Crippen molar-refractivity contribution in [3.63, 3.8) is 0 Å². The van der Waals surface area contributed by atoms with Gasteiger partial charge in [-0.15, -0.1) is 0 Å². The van der Waals surface area contributed by atoms with Gasteiger partial charge < -0.3 is 14.5 Å². The molecule has 124 valence electrons. The molecule has 1 heterocycles. The fourth-order valence-electron chi connectivity index (χ4n) is 2.33. The second-order valence-electron chi connectivity index (χ2n) is 5.66. The quantitative estimate of drug-likeness (QED) is 0.600. The molecule has 23 heavy (non-hydrogen) atoms. The number of unbranched alkanes of at least 4 members (excludes halogenated alkanes) is 2. The molecule has 0 aliphatic carbocycles. The van der Waals surface area contributed by atoms with Gasteiger partial charge in [0.15, 0.2) is 6.61 Å². The van der Waals surface area contributed by atoms with Gasteiger partial charge in [-0.05, 0) is 25.0 Å². The van der Waals surface area contributed by atoms with Crippen LogP contribution in [0.1, 0.15) is 37.3 Å². The van der Waals surface area contributed by atoms with Crippen molar-refractivity contribution in [2.75, 3.05) is 13.2 Å². The summed E-state index contributed by atoms with van der Waals surface area (Å²) in [7, 11) is 0. The Kier molecular flexibility index (Phi) is 6.20. The first-order chi connectivity index (χ1) is 11.1. The Morgan fingerprint density at radius 2 is 2.09 bits per heavy atom. The smallest absolute Gasteiger partial charge is 0.310 e. The Hall–Kier alpha value is -2.30. The van der Waals surface area contributed by atoms with Crippen molar-refractivity contribution in [3.8, 4) is 0 Å². The van der Waals surface area contributed by atoms with Crippen molar-refractivity contribution in [1.82, 2.24) is 5.32 Å². The van der Waals surface area contributed by atoms with E-state index in [1.54, 1.807) is 6.26 Å². The summed E-state index contributed by atoms with van der Waals surface area (Å²) in [6.07, 6.45) is 4.78. The zero-order valence-electron chi connectivity index (χ0n) is 13.7. The van der Waals surface area contributed by atoms with E-state index in [1.165, 1.54) is 0 Å². The van der Waals surface area contributed by atoms with Gasteiger partial charge in [-0.2, -0.15) is 0 Å². The Balaban J connectivity index is 1.79. The SMILES string of the molecule is CCCCCNC(=O)COC(=O)Cc1coc2cc(C)ccc12. The number of hydrogen-bond acceptors (Lipinski definition) is 4.